The lowest BCUT2D eigenvalue weighted by Gasteiger charge is -2.30. The van der Waals surface area contributed by atoms with Crippen LogP contribution in [-0.4, -0.2) is 22.4 Å². The van der Waals surface area contributed by atoms with E-state index >= 15 is 0 Å². The third-order valence-corrected chi connectivity index (χ3v) is 4.15. The van der Waals surface area contributed by atoms with Crippen LogP contribution in [0.2, 0.25) is 0 Å². The molecule has 0 radical (unpaired) electrons. The summed E-state index contributed by atoms with van der Waals surface area (Å²) < 4.78 is 38.2. The van der Waals surface area contributed by atoms with E-state index in [0.29, 0.717) is 12.1 Å². The highest BCUT2D eigenvalue weighted by Gasteiger charge is 2.36. The van der Waals surface area contributed by atoms with Gasteiger partial charge in [-0.1, -0.05) is 24.3 Å². The second-order valence-electron chi connectivity index (χ2n) is 6.71. The van der Waals surface area contributed by atoms with E-state index in [1.165, 1.54) is 0 Å². The van der Waals surface area contributed by atoms with Crippen molar-refractivity contribution in [1.82, 2.24) is 10.3 Å². The van der Waals surface area contributed by atoms with Crippen molar-refractivity contribution >= 4 is 11.8 Å². The van der Waals surface area contributed by atoms with Crippen molar-refractivity contribution in [3.8, 4) is 0 Å². The minimum Gasteiger partial charge on any atom is -0.379 e. The molecule has 0 aliphatic heterocycles. The van der Waals surface area contributed by atoms with E-state index in [9.17, 15) is 13.2 Å². The molecule has 2 rings (SSSR count). The fraction of sp³-hybridized carbons (Fsp3) is 0.400. The van der Waals surface area contributed by atoms with Crippen LogP contribution in [0.4, 0.5) is 13.2 Å². The van der Waals surface area contributed by atoms with Gasteiger partial charge in [0.25, 0.3) is 0 Å². The van der Waals surface area contributed by atoms with Gasteiger partial charge in [-0.15, -0.1) is 0 Å². The van der Waals surface area contributed by atoms with Gasteiger partial charge in [0.2, 0.25) is 0 Å². The molecule has 3 nitrogen and oxygen atoms in total. The summed E-state index contributed by atoms with van der Waals surface area (Å²) in [7, 11) is 0. The zero-order valence-corrected chi connectivity index (χ0v) is 15.0. The lowest BCUT2D eigenvalue weighted by Crippen LogP contribution is -2.40. The van der Waals surface area contributed by atoms with Gasteiger partial charge < -0.3 is 5.32 Å². The zero-order valence-electron chi connectivity index (χ0n) is 15.0. The van der Waals surface area contributed by atoms with Gasteiger partial charge in [0.1, 0.15) is 5.71 Å². The van der Waals surface area contributed by atoms with Crippen molar-refractivity contribution < 1.29 is 13.2 Å². The number of hydrogen-bond donors (Lipinski definition) is 2. The standard InChI is InChI=1S/C20H24F3N3/c1-3-10-19(2,11-4-5-15-8-12-25-13-9-15)26-17(16-6-7-16)14-18(24)20(21,22)23/h3-5,8-10,12-14,16,24,26H,6-7,11H2,1-2H3/b5-4+,10-3-,17-14-,24-18?. The molecule has 1 unspecified atom stereocenters. The lowest BCUT2D eigenvalue weighted by molar-refractivity contribution is -0.0584. The summed E-state index contributed by atoms with van der Waals surface area (Å²) in [5.41, 5.74) is -0.342. The van der Waals surface area contributed by atoms with Crippen molar-refractivity contribution in [3.05, 3.63) is 60.1 Å². The lowest BCUT2D eigenvalue weighted by atomic mass is 9.95. The molecule has 1 aromatic heterocycles. The summed E-state index contributed by atoms with van der Waals surface area (Å²) in [6.45, 7) is 3.82. The quantitative estimate of drug-likeness (QED) is 0.487. The number of allylic oxidation sites excluding steroid dienone is 3. The van der Waals surface area contributed by atoms with Crippen molar-refractivity contribution in [3.63, 3.8) is 0 Å². The van der Waals surface area contributed by atoms with Crippen LogP contribution in [0.1, 0.15) is 38.7 Å². The van der Waals surface area contributed by atoms with Gasteiger partial charge in [-0.3, -0.25) is 10.4 Å². The highest BCUT2D eigenvalue weighted by molar-refractivity contribution is 5.97. The van der Waals surface area contributed by atoms with Gasteiger partial charge in [-0.05, 0) is 62.8 Å². The molecule has 26 heavy (non-hydrogen) atoms. The Morgan fingerprint density at radius 2 is 1.96 bits per heavy atom. The number of hydrogen-bond acceptors (Lipinski definition) is 3. The van der Waals surface area contributed by atoms with Crippen LogP contribution in [0.25, 0.3) is 6.08 Å². The number of pyridine rings is 1. The number of aromatic nitrogens is 1. The normalized spacial score (nSPS) is 18.3. The fourth-order valence-corrected chi connectivity index (χ4v) is 2.66. The van der Waals surface area contributed by atoms with Crippen LogP contribution in [0.15, 0.2) is 54.5 Å². The molecule has 2 N–H and O–H groups in total. The summed E-state index contributed by atoms with van der Waals surface area (Å²) >= 11 is 0. The maximum Gasteiger partial charge on any atom is 0.432 e. The first kappa shape index (κ1) is 19.9. The molecule has 1 heterocycles. The molecule has 1 fully saturated rings. The number of rotatable bonds is 8. The van der Waals surface area contributed by atoms with Crippen molar-refractivity contribution in [1.29, 1.82) is 5.41 Å². The minimum atomic E-state index is -4.62. The second-order valence-corrected chi connectivity index (χ2v) is 6.71. The topological polar surface area (TPSA) is 48.8 Å². The van der Waals surface area contributed by atoms with Crippen molar-refractivity contribution in [2.45, 2.75) is 44.8 Å². The minimum absolute atomic E-state index is 0.0754. The Hall–Kier alpha value is -2.37. The Balaban J connectivity index is 2.14. The molecule has 0 aromatic carbocycles. The summed E-state index contributed by atoms with van der Waals surface area (Å²) in [6, 6.07) is 3.77. The first-order valence-corrected chi connectivity index (χ1v) is 8.59. The second kappa shape index (κ2) is 8.34. The summed E-state index contributed by atoms with van der Waals surface area (Å²) in [5.74, 6) is 0.0754. The van der Waals surface area contributed by atoms with E-state index < -0.39 is 17.4 Å². The zero-order chi connectivity index (χ0) is 19.2. The molecule has 0 bridgehead atoms. The smallest absolute Gasteiger partial charge is 0.379 e. The SMILES string of the molecule is C/C=C\C(C)(C/C=C/c1ccncc1)N/C(=C\C(=N)C(F)(F)F)C1CC1. The average Bonchev–Trinajstić information content (AvgIpc) is 3.39. The van der Waals surface area contributed by atoms with Crippen LogP contribution >= 0.6 is 0 Å². The van der Waals surface area contributed by atoms with E-state index in [2.05, 4.69) is 10.3 Å². The Bertz CT molecular complexity index is 701. The number of nitrogens with zero attached hydrogens (tertiary/aromatic N) is 1. The Kier molecular flexibility index (Phi) is 6.40. The predicted molar refractivity (Wildman–Crippen MR) is 98.8 cm³/mol. The third kappa shape index (κ3) is 6.17. The molecule has 6 heteroatoms. The average molecular weight is 363 g/mol. The summed E-state index contributed by atoms with van der Waals surface area (Å²) in [5, 5.41) is 10.5. The van der Waals surface area contributed by atoms with Gasteiger partial charge in [0.05, 0.1) is 5.54 Å². The van der Waals surface area contributed by atoms with E-state index in [1.54, 1.807) is 12.4 Å². The van der Waals surface area contributed by atoms with E-state index in [0.717, 1.165) is 24.5 Å². The van der Waals surface area contributed by atoms with Gasteiger partial charge in [-0.2, -0.15) is 13.2 Å². The Morgan fingerprint density at radius 3 is 2.50 bits per heavy atom. The first-order chi connectivity index (χ1) is 12.2. The molecular formula is C20H24F3N3. The molecule has 1 saturated carbocycles. The monoisotopic (exact) mass is 363 g/mol. The van der Waals surface area contributed by atoms with Gasteiger partial charge >= 0.3 is 6.18 Å². The largest absolute Gasteiger partial charge is 0.432 e. The molecular weight excluding hydrogens is 339 g/mol. The molecule has 0 saturated heterocycles. The highest BCUT2D eigenvalue weighted by Crippen LogP contribution is 2.37. The van der Waals surface area contributed by atoms with Crippen LogP contribution in [0, 0.1) is 11.3 Å². The number of alkyl halides is 3. The first-order valence-electron chi connectivity index (χ1n) is 8.59. The van der Waals surface area contributed by atoms with Crippen LogP contribution in [0.5, 0.6) is 0 Å². The summed E-state index contributed by atoms with van der Waals surface area (Å²) in [6.07, 6.45) is 9.80. The Morgan fingerprint density at radius 1 is 1.31 bits per heavy atom. The van der Waals surface area contributed by atoms with Crippen LogP contribution in [0.3, 0.4) is 0 Å². The Labute approximate surface area is 152 Å². The predicted octanol–water partition coefficient (Wildman–Crippen LogP) is 5.29. The fourth-order valence-electron chi connectivity index (χ4n) is 2.66. The number of nitrogens with one attached hydrogen (secondary N) is 2. The molecule has 1 aliphatic carbocycles. The van der Waals surface area contributed by atoms with Crippen LogP contribution < -0.4 is 5.32 Å². The van der Waals surface area contributed by atoms with Crippen molar-refractivity contribution in [2.75, 3.05) is 0 Å². The maximum absolute atomic E-state index is 12.7. The molecule has 0 amide bonds. The molecule has 140 valence electrons. The highest BCUT2D eigenvalue weighted by atomic mass is 19.4. The maximum atomic E-state index is 12.7. The van der Waals surface area contributed by atoms with Gasteiger partial charge in [-0.25, -0.2) is 0 Å². The molecule has 1 aliphatic rings. The van der Waals surface area contributed by atoms with Gasteiger partial charge in [0.15, 0.2) is 0 Å². The van der Waals surface area contributed by atoms with E-state index in [-0.39, 0.29) is 5.92 Å². The number of halogens is 3. The molecule has 1 aromatic rings. The third-order valence-electron chi connectivity index (χ3n) is 4.15. The van der Waals surface area contributed by atoms with Gasteiger partial charge in [0, 0.05) is 18.1 Å². The van der Waals surface area contributed by atoms with E-state index in [1.807, 2.05) is 50.3 Å². The van der Waals surface area contributed by atoms with Crippen molar-refractivity contribution in [2.24, 2.45) is 5.92 Å². The molecule has 0 spiro atoms. The van der Waals surface area contributed by atoms with Crippen LogP contribution in [-0.2, 0) is 0 Å². The summed E-state index contributed by atoms with van der Waals surface area (Å²) in [4.78, 5) is 3.97. The van der Waals surface area contributed by atoms with E-state index in [4.69, 9.17) is 5.41 Å². The molecule has 1 atom stereocenters.